The minimum absolute atomic E-state index is 0.0663. The highest BCUT2D eigenvalue weighted by molar-refractivity contribution is 7.18. The molecule has 1 unspecified atom stereocenters. The van der Waals surface area contributed by atoms with Crippen molar-refractivity contribution in [3.8, 4) is 0 Å². The number of thiophene rings is 1. The lowest BCUT2D eigenvalue weighted by atomic mass is 10.0. The Balaban J connectivity index is 1.87. The third-order valence-electron chi connectivity index (χ3n) is 4.40. The van der Waals surface area contributed by atoms with Crippen molar-refractivity contribution in [2.24, 2.45) is 0 Å². The maximum Gasteiger partial charge on any atom is 0.311 e. The maximum absolute atomic E-state index is 13.8. The van der Waals surface area contributed by atoms with Crippen molar-refractivity contribution in [3.63, 3.8) is 0 Å². The first kappa shape index (κ1) is 15.0. The molecule has 1 atom stereocenters. The quantitative estimate of drug-likeness (QED) is 0.793. The Morgan fingerprint density at radius 3 is 2.96 bits per heavy atom. The molecule has 2 heterocycles. The molecule has 0 aliphatic heterocycles. The molecular weight excluding hydrogens is 331 g/mol. The number of hydrogen-bond donors (Lipinski definition) is 1. The van der Waals surface area contributed by atoms with Gasteiger partial charge in [-0.3, -0.25) is 14.2 Å². The number of carboxylic acids is 1. The molecule has 3 aromatic rings. The van der Waals surface area contributed by atoms with Crippen LogP contribution in [0.15, 0.2) is 35.4 Å². The molecule has 0 radical (unpaired) electrons. The van der Waals surface area contributed by atoms with E-state index >= 15 is 0 Å². The Labute approximate surface area is 140 Å². The highest BCUT2D eigenvalue weighted by atomic mass is 32.1. The smallest absolute Gasteiger partial charge is 0.311 e. The molecule has 5 nitrogen and oxygen atoms in total. The minimum Gasteiger partial charge on any atom is -0.481 e. The molecule has 0 amide bonds. The average molecular weight is 344 g/mol. The van der Waals surface area contributed by atoms with Crippen LogP contribution in [0.1, 0.15) is 28.3 Å². The van der Waals surface area contributed by atoms with Gasteiger partial charge in [-0.05, 0) is 24.5 Å². The molecule has 1 aromatic carbocycles. The van der Waals surface area contributed by atoms with Crippen molar-refractivity contribution in [1.82, 2.24) is 9.55 Å². The fraction of sp³-hybridized carbons (Fsp3) is 0.235. The molecule has 0 bridgehead atoms. The second-order valence-electron chi connectivity index (χ2n) is 5.82. The number of halogens is 1. The van der Waals surface area contributed by atoms with E-state index in [2.05, 4.69) is 4.98 Å². The molecule has 122 valence electrons. The number of carbonyl (C=O) groups is 1. The molecule has 0 saturated carbocycles. The van der Waals surface area contributed by atoms with E-state index in [1.54, 1.807) is 18.2 Å². The zero-order chi connectivity index (χ0) is 16.8. The third-order valence-corrected chi connectivity index (χ3v) is 5.57. The standard InChI is InChI=1S/C17H13FN2O3S/c18-11-4-2-1-3-9(11)7-20-8-19-15-14(16(20)21)13-10(17(22)23)5-6-12(13)24-15/h1-4,8,10H,5-7H2,(H,22,23). The molecular formula is C17H13FN2O3S. The van der Waals surface area contributed by atoms with E-state index in [0.29, 0.717) is 34.2 Å². The zero-order valence-electron chi connectivity index (χ0n) is 12.5. The number of aromatic nitrogens is 2. The number of rotatable bonds is 3. The second-order valence-corrected chi connectivity index (χ2v) is 6.90. The highest BCUT2D eigenvalue weighted by Crippen LogP contribution is 2.42. The molecule has 1 aliphatic carbocycles. The fourth-order valence-corrected chi connectivity index (χ4v) is 4.44. The van der Waals surface area contributed by atoms with Gasteiger partial charge in [0.1, 0.15) is 10.6 Å². The van der Waals surface area contributed by atoms with Crippen molar-refractivity contribution in [3.05, 3.63) is 62.8 Å². The van der Waals surface area contributed by atoms with E-state index in [4.69, 9.17) is 0 Å². The summed E-state index contributed by atoms with van der Waals surface area (Å²) in [4.78, 5) is 30.1. The Morgan fingerprint density at radius 1 is 1.42 bits per heavy atom. The summed E-state index contributed by atoms with van der Waals surface area (Å²) in [7, 11) is 0. The summed E-state index contributed by atoms with van der Waals surface area (Å²) < 4.78 is 15.2. The van der Waals surface area contributed by atoms with Gasteiger partial charge in [-0.2, -0.15) is 0 Å². The lowest BCUT2D eigenvalue weighted by Gasteiger charge is -2.08. The van der Waals surface area contributed by atoms with Crippen LogP contribution in [0.4, 0.5) is 4.39 Å². The molecule has 0 fully saturated rings. The van der Waals surface area contributed by atoms with Gasteiger partial charge in [-0.15, -0.1) is 11.3 Å². The summed E-state index contributed by atoms with van der Waals surface area (Å²) in [5.74, 6) is -1.96. The second kappa shape index (κ2) is 5.52. The number of hydrogen-bond acceptors (Lipinski definition) is 4. The summed E-state index contributed by atoms with van der Waals surface area (Å²) in [6.07, 6.45) is 2.56. The summed E-state index contributed by atoms with van der Waals surface area (Å²) in [5.41, 5.74) is 0.680. The topological polar surface area (TPSA) is 72.2 Å². The van der Waals surface area contributed by atoms with Crippen LogP contribution in [0, 0.1) is 5.82 Å². The lowest BCUT2D eigenvalue weighted by Crippen LogP contribution is -2.22. The van der Waals surface area contributed by atoms with Crippen LogP contribution >= 0.6 is 11.3 Å². The van der Waals surface area contributed by atoms with E-state index in [0.717, 1.165) is 4.88 Å². The Bertz CT molecular complexity index is 1020. The van der Waals surface area contributed by atoms with Crippen LogP contribution in [0.2, 0.25) is 0 Å². The van der Waals surface area contributed by atoms with Crippen molar-refractivity contribution >= 4 is 27.5 Å². The average Bonchev–Trinajstić information content (AvgIpc) is 3.10. The summed E-state index contributed by atoms with van der Waals surface area (Å²) >= 11 is 1.38. The van der Waals surface area contributed by atoms with Crippen LogP contribution < -0.4 is 5.56 Å². The van der Waals surface area contributed by atoms with Gasteiger partial charge in [0.05, 0.1) is 24.2 Å². The third kappa shape index (κ3) is 2.24. The van der Waals surface area contributed by atoms with E-state index in [9.17, 15) is 19.1 Å². The largest absolute Gasteiger partial charge is 0.481 e. The molecule has 4 rings (SSSR count). The van der Waals surface area contributed by atoms with Gasteiger partial charge in [0.2, 0.25) is 0 Å². The summed E-state index contributed by atoms with van der Waals surface area (Å²) in [6.45, 7) is 0.0663. The normalized spacial score (nSPS) is 16.5. The number of benzene rings is 1. The zero-order valence-corrected chi connectivity index (χ0v) is 13.3. The molecule has 0 spiro atoms. The molecule has 0 saturated heterocycles. The van der Waals surface area contributed by atoms with Crippen LogP contribution in [0.5, 0.6) is 0 Å². The monoisotopic (exact) mass is 344 g/mol. The van der Waals surface area contributed by atoms with Gasteiger partial charge in [-0.1, -0.05) is 18.2 Å². The number of fused-ring (bicyclic) bond motifs is 3. The van der Waals surface area contributed by atoms with E-state index in [1.807, 2.05) is 0 Å². The van der Waals surface area contributed by atoms with Crippen LogP contribution in [0.25, 0.3) is 10.2 Å². The maximum atomic E-state index is 13.8. The predicted molar refractivity (Wildman–Crippen MR) is 88.1 cm³/mol. The number of carboxylic acid groups (broad SMARTS) is 1. The summed E-state index contributed by atoms with van der Waals surface area (Å²) in [5, 5.41) is 9.77. The highest BCUT2D eigenvalue weighted by Gasteiger charge is 2.34. The van der Waals surface area contributed by atoms with E-state index in [-0.39, 0.29) is 17.9 Å². The first-order valence-electron chi connectivity index (χ1n) is 7.53. The molecule has 24 heavy (non-hydrogen) atoms. The van der Waals surface area contributed by atoms with Crippen molar-refractivity contribution < 1.29 is 14.3 Å². The Kier molecular flexibility index (Phi) is 3.45. The van der Waals surface area contributed by atoms with Crippen LogP contribution in [-0.2, 0) is 17.8 Å². The van der Waals surface area contributed by atoms with Crippen LogP contribution in [-0.4, -0.2) is 20.6 Å². The van der Waals surface area contributed by atoms with Crippen molar-refractivity contribution in [2.75, 3.05) is 0 Å². The van der Waals surface area contributed by atoms with Gasteiger partial charge in [-0.25, -0.2) is 9.37 Å². The molecule has 7 heteroatoms. The van der Waals surface area contributed by atoms with Gasteiger partial charge >= 0.3 is 5.97 Å². The Hall–Kier alpha value is -2.54. The first-order valence-corrected chi connectivity index (χ1v) is 8.35. The summed E-state index contributed by atoms with van der Waals surface area (Å²) in [6, 6.07) is 6.25. The fourth-order valence-electron chi connectivity index (χ4n) is 3.24. The first-order chi connectivity index (χ1) is 11.6. The van der Waals surface area contributed by atoms with E-state index in [1.165, 1.54) is 28.3 Å². The molecule has 1 aliphatic rings. The Morgan fingerprint density at radius 2 is 2.21 bits per heavy atom. The van der Waals surface area contributed by atoms with Crippen molar-refractivity contribution in [1.29, 1.82) is 0 Å². The van der Waals surface area contributed by atoms with Gasteiger partial charge < -0.3 is 5.11 Å². The minimum atomic E-state index is -0.919. The molecule has 1 N–H and O–H groups in total. The number of aliphatic carboxylic acids is 1. The van der Waals surface area contributed by atoms with Crippen molar-refractivity contribution in [2.45, 2.75) is 25.3 Å². The predicted octanol–water partition coefficient (Wildman–Crippen LogP) is 2.76. The SMILES string of the molecule is O=C(O)C1CCc2sc3ncn(Cc4ccccc4F)c(=O)c3c21. The van der Waals surface area contributed by atoms with Crippen LogP contribution in [0.3, 0.4) is 0 Å². The van der Waals surface area contributed by atoms with Gasteiger partial charge in [0.15, 0.2) is 0 Å². The van der Waals surface area contributed by atoms with Gasteiger partial charge in [0, 0.05) is 10.4 Å². The van der Waals surface area contributed by atoms with E-state index < -0.39 is 11.9 Å². The molecule has 2 aromatic heterocycles. The van der Waals surface area contributed by atoms with Gasteiger partial charge in [0.25, 0.3) is 5.56 Å². The number of aryl methyl sites for hydroxylation is 1. The lowest BCUT2D eigenvalue weighted by molar-refractivity contribution is -0.138. The number of nitrogens with zero attached hydrogens (tertiary/aromatic N) is 2.